The van der Waals surface area contributed by atoms with Gasteiger partial charge in [-0.05, 0) is 47.9 Å². The van der Waals surface area contributed by atoms with E-state index in [0.29, 0.717) is 27.7 Å². The topological polar surface area (TPSA) is 98.3 Å². The van der Waals surface area contributed by atoms with Crippen molar-refractivity contribution in [1.82, 2.24) is 0 Å². The molecule has 0 saturated heterocycles. The van der Waals surface area contributed by atoms with Gasteiger partial charge in [0.1, 0.15) is 0 Å². The highest BCUT2D eigenvalue weighted by molar-refractivity contribution is 7.12. The molecule has 1 aromatic heterocycles. The third-order valence-corrected chi connectivity index (χ3v) is 6.46. The number of rotatable bonds is 5. The highest BCUT2D eigenvalue weighted by atomic mass is 35.5. The van der Waals surface area contributed by atoms with Crippen LogP contribution in [0.15, 0.2) is 47.9 Å². The molecule has 6 nitrogen and oxygen atoms in total. The summed E-state index contributed by atoms with van der Waals surface area (Å²) < 4.78 is 0. The van der Waals surface area contributed by atoms with E-state index in [1.165, 1.54) is 11.3 Å². The van der Waals surface area contributed by atoms with Crippen molar-refractivity contribution in [2.45, 2.75) is 6.42 Å². The molecular formula is C20H16ClN2O4S-. The number of allylic oxidation sites excluding steroid dienone is 2. The molecule has 1 aromatic carbocycles. The van der Waals surface area contributed by atoms with Crippen molar-refractivity contribution in [3.8, 4) is 0 Å². The van der Waals surface area contributed by atoms with Crippen LogP contribution in [0, 0.1) is 23.7 Å². The summed E-state index contributed by atoms with van der Waals surface area (Å²) in [6, 6.07) is 8.20. The Morgan fingerprint density at radius 3 is 2.50 bits per heavy atom. The van der Waals surface area contributed by atoms with Crippen LogP contribution in [0.4, 0.5) is 11.4 Å². The van der Waals surface area contributed by atoms with Gasteiger partial charge in [-0.1, -0.05) is 29.8 Å². The largest absolute Gasteiger partial charge is 0.550 e. The maximum absolute atomic E-state index is 12.8. The molecule has 4 rings (SSSR count). The molecule has 0 radical (unpaired) electrons. The van der Waals surface area contributed by atoms with Gasteiger partial charge in [0, 0.05) is 17.6 Å². The Balaban J connectivity index is 1.51. The second-order valence-electron chi connectivity index (χ2n) is 6.93. The van der Waals surface area contributed by atoms with Gasteiger partial charge in [-0.25, -0.2) is 0 Å². The van der Waals surface area contributed by atoms with Crippen LogP contribution in [0.5, 0.6) is 0 Å². The number of hydrogen-bond donors (Lipinski definition) is 2. The minimum absolute atomic E-state index is 0.0989. The molecule has 0 spiro atoms. The molecule has 2 amide bonds. The second-order valence-corrected chi connectivity index (χ2v) is 8.29. The summed E-state index contributed by atoms with van der Waals surface area (Å²) in [5.74, 6) is -3.61. The minimum atomic E-state index is -1.20. The third-order valence-electron chi connectivity index (χ3n) is 5.26. The second kappa shape index (κ2) is 7.41. The molecule has 8 heteroatoms. The number of carboxylic acids is 1. The number of amides is 2. The number of halogens is 1. The first-order valence-corrected chi connectivity index (χ1v) is 10.0. The van der Waals surface area contributed by atoms with Gasteiger partial charge in [0.15, 0.2) is 0 Å². The van der Waals surface area contributed by atoms with Crippen LogP contribution in [0.25, 0.3) is 0 Å². The van der Waals surface area contributed by atoms with Crippen molar-refractivity contribution in [2.75, 3.05) is 10.6 Å². The molecule has 1 heterocycles. The molecule has 1 saturated carbocycles. The normalized spacial score (nSPS) is 24.9. The van der Waals surface area contributed by atoms with Crippen molar-refractivity contribution in [3.05, 3.63) is 57.8 Å². The van der Waals surface area contributed by atoms with Crippen molar-refractivity contribution < 1.29 is 19.5 Å². The molecular weight excluding hydrogens is 400 g/mol. The van der Waals surface area contributed by atoms with Gasteiger partial charge in [-0.3, -0.25) is 9.59 Å². The van der Waals surface area contributed by atoms with Crippen LogP contribution in [0.2, 0.25) is 5.02 Å². The lowest BCUT2D eigenvalue weighted by atomic mass is 9.82. The number of hydrogen-bond acceptors (Lipinski definition) is 5. The fourth-order valence-electron chi connectivity index (χ4n) is 4.02. The van der Waals surface area contributed by atoms with Gasteiger partial charge in [-0.2, -0.15) is 0 Å². The number of fused-ring (bicyclic) bond motifs is 2. The summed E-state index contributed by atoms with van der Waals surface area (Å²) in [5, 5.41) is 19.1. The molecule has 2 N–H and O–H groups in total. The summed E-state index contributed by atoms with van der Waals surface area (Å²) in [6.07, 6.45) is 4.41. The van der Waals surface area contributed by atoms with E-state index in [-0.39, 0.29) is 23.7 Å². The number of thiophene rings is 1. The van der Waals surface area contributed by atoms with Gasteiger partial charge >= 0.3 is 0 Å². The monoisotopic (exact) mass is 415 g/mol. The fourth-order valence-corrected chi connectivity index (χ4v) is 4.80. The van der Waals surface area contributed by atoms with E-state index < -0.39 is 17.8 Å². The SMILES string of the molecule is O=C(Nc1cc(NC(=O)[C@H]2[C@@H](C(=O)[O-])[C@H]3C=C[C@H]2C3)ccc1Cl)c1cccs1. The van der Waals surface area contributed by atoms with Crippen LogP contribution in [-0.4, -0.2) is 17.8 Å². The van der Waals surface area contributed by atoms with Crippen molar-refractivity contribution in [2.24, 2.45) is 23.7 Å². The number of carboxylic acid groups (broad SMARTS) is 1. The van der Waals surface area contributed by atoms with Crippen LogP contribution < -0.4 is 15.7 Å². The standard InChI is InChI=1S/C20H17ClN2O4S/c21-13-6-5-12(9-14(13)23-18(24)15-2-1-7-28-15)22-19(25)16-10-3-4-11(8-10)17(16)20(26)27/h1-7,9-11,16-17H,8H2,(H,22,25)(H,23,24)(H,26,27)/p-1/t10-,11-,16+,17-/m0/s1. The lowest BCUT2D eigenvalue weighted by Crippen LogP contribution is -2.42. The Bertz CT molecular complexity index is 973. The zero-order chi connectivity index (χ0) is 19.8. The van der Waals surface area contributed by atoms with E-state index in [2.05, 4.69) is 10.6 Å². The van der Waals surface area contributed by atoms with Crippen molar-refractivity contribution >= 4 is 52.1 Å². The summed E-state index contributed by atoms with van der Waals surface area (Å²) in [6.45, 7) is 0. The Hall–Kier alpha value is -2.64. The highest BCUT2D eigenvalue weighted by Gasteiger charge is 2.48. The molecule has 28 heavy (non-hydrogen) atoms. The van der Waals surface area contributed by atoms with E-state index in [0.717, 1.165) is 0 Å². The molecule has 2 bridgehead atoms. The molecule has 0 aliphatic heterocycles. The first kappa shape index (κ1) is 18.7. The maximum Gasteiger partial charge on any atom is 0.265 e. The number of aliphatic carboxylic acids is 1. The Labute approximate surface area is 170 Å². The first-order valence-electron chi connectivity index (χ1n) is 8.78. The van der Waals surface area contributed by atoms with Crippen LogP contribution in [0.3, 0.4) is 0 Å². The predicted octanol–water partition coefficient (Wildman–Crippen LogP) is 2.78. The molecule has 144 valence electrons. The molecule has 0 unspecified atom stereocenters. The van der Waals surface area contributed by atoms with Crippen molar-refractivity contribution in [1.29, 1.82) is 0 Å². The summed E-state index contributed by atoms with van der Waals surface area (Å²) in [4.78, 5) is 37.1. The molecule has 4 atom stereocenters. The van der Waals surface area contributed by atoms with Crippen LogP contribution >= 0.6 is 22.9 Å². The van der Waals surface area contributed by atoms with Crippen molar-refractivity contribution in [3.63, 3.8) is 0 Å². The van der Waals surface area contributed by atoms with Crippen LogP contribution in [0.1, 0.15) is 16.1 Å². The van der Waals surface area contributed by atoms with Gasteiger partial charge in [-0.15, -0.1) is 11.3 Å². The molecule has 1 fully saturated rings. The predicted molar refractivity (Wildman–Crippen MR) is 105 cm³/mol. The molecule has 2 aliphatic carbocycles. The van der Waals surface area contributed by atoms with Gasteiger partial charge < -0.3 is 20.5 Å². The van der Waals surface area contributed by atoms with Gasteiger partial charge in [0.25, 0.3) is 5.91 Å². The van der Waals surface area contributed by atoms with E-state index in [9.17, 15) is 19.5 Å². The first-order chi connectivity index (χ1) is 13.4. The van der Waals surface area contributed by atoms with Gasteiger partial charge in [0.2, 0.25) is 5.91 Å². The van der Waals surface area contributed by atoms with E-state index in [1.807, 2.05) is 12.2 Å². The lowest BCUT2D eigenvalue weighted by molar-refractivity contribution is -0.313. The number of anilines is 2. The zero-order valence-corrected chi connectivity index (χ0v) is 16.1. The third kappa shape index (κ3) is 3.43. The number of nitrogens with one attached hydrogen (secondary N) is 2. The number of carbonyl (C=O) groups is 3. The lowest BCUT2D eigenvalue weighted by Gasteiger charge is -2.27. The highest BCUT2D eigenvalue weighted by Crippen LogP contribution is 2.48. The summed E-state index contributed by atoms with van der Waals surface area (Å²) >= 11 is 7.47. The van der Waals surface area contributed by atoms with E-state index in [1.54, 1.807) is 35.7 Å². The average molecular weight is 416 g/mol. The average Bonchev–Trinajstić information content (AvgIpc) is 3.40. The number of benzene rings is 1. The minimum Gasteiger partial charge on any atom is -0.550 e. The maximum atomic E-state index is 12.8. The fraction of sp³-hybridized carbons (Fsp3) is 0.250. The zero-order valence-electron chi connectivity index (χ0n) is 14.6. The Morgan fingerprint density at radius 2 is 1.82 bits per heavy atom. The molecule has 2 aromatic rings. The summed E-state index contributed by atoms with van der Waals surface area (Å²) in [5.41, 5.74) is 0.793. The van der Waals surface area contributed by atoms with Crippen LogP contribution in [-0.2, 0) is 9.59 Å². The Morgan fingerprint density at radius 1 is 1.07 bits per heavy atom. The smallest absolute Gasteiger partial charge is 0.265 e. The molecule has 2 aliphatic rings. The Kier molecular flexibility index (Phi) is 4.95. The van der Waals surface area contributed by atoms with E-state index >= 15 is 0 Å². The summed E-state index contributed by atoms with van der Waals surface area (Å²) in [7, 11) is 0. The number of carbonyl (C=O) groups excluding carboxylic acids is 3. The van der Waals surface area contributed by atoms with Gasteiger partial charge in [0.05, 0.1) is 21.5 Å². The quantitative estimate of drug-likeness (QED) is 0.733. The van der Waals surface area contributed by atoms with E-state index in [4.69, 9.17) is 11.6 Å².